The Kier molecular flexibility index (Phi) is 6.65. The molecule has 0 bridgehead atoms. The highest BCUT2D eigenvalue weighted by molar-refractivity contribution is 5.94. The van der Waals surface area contributed by atoms with Crippen molar-refractivity contribution in [2.24, 2.45) is 0 Å². The van der Waals surface area contributed by atoms with Crippen molar-refractivity contribution < 1.29 is 14.6 Å². The molecule has 0 fully saturated rings. The number of ether oxygens (including phenoxy) is 1. The van der Waals surface area contributed by atoms with Crippen LogP contribution in [0.2, 0.25) is 0 Å². The number of carbonyl (C=O) groups excluding carboxylic acids is 1. The Bertz CT molecular complexity index is 438. The molecule has 0 heterocycles. The monoisotopic (exact) mass is 294 g/mol. The molecule has 0 radical (unpaired) electrons. The number of aliphatic hydroxyl groups excluding tert-OH is 1. The van der Waals surface area contributed by atoms with Crippen molar-refractivity contribution in [3.63, 3.8) is 0 Å². The lowest BCUT2D eigenvalue weighted by atomic mass is 10.1. The fraction of sp³-hybridized carbons (Fsp3) is 0.562. The highest BCUT2D eigenvalue weighted by Crippen LogP contribution is 2.12. The van der Waals surface area contributed by atoms with Crippen molar-refractivity contribution in [3.05, 3.63) is 29.8 Å². The predicted octanol–water partition coefficient (Wildman–Crippen LogP) is 1.56. The second kappa shape index (κ2) is 8.00. The maximum absolute atomic E-state index is 11.6. The van der Waals surface area contributed by atoms with Crippen LogP contribution in [0.5, 0.6) is 5.75 Å². The summed E-state index contributed by atoms with van der Waals surface area (Å²) < 4.78 is 5.51. The first kappa shape index (κ1) is 17.5. The zero-order chi connectivity index (χ0) is 15.9. The summed E-state index contributed by atoms with van der Waals surface area (Å²) in [5, 5.41) is 15.8. The number of hydrogen-bond donors (Lipinski definition) is 3. The molecule has 21 heavy (non-hydrogen) atoms. The summed E-state index contributed by atoms with van der Waals surface area (Å²) in [6.07, 6.45) is -0.577. The van der Waals surface area contributed by atoms with Gasteiger partial charge in [0.25, 0.3) is 5.91 Å². The lowest BCUT2D eigenvalue weighted by Gasteiger charge is -2.22. The van der Waals surface area contributed by atoms with Gasteiger partial charge in [-0.2, -0.15) is 0 Å². The third kappa shape index (κ3) is 7.11. The molecule has 3 N–H and O–H groups in total. The molecule has 1 atom stereocenters. The van der Waals surface area contributed by atoms with Crippen molar-refractivity contribution >= 4 is 5.91 Å². The second-order valence-electron chi connectivity index (χ2n) is 5.98. The molecule has 5 heteroatoms. The predicted molar refractivity (Wildman–Crippen MR) is 83.7 cm³/mol. The topological polar surface area (TPSA) is 70.6 Å². The Labute approximate surface area is 126 Å². The average Bonchev–Trinajstić information content (AvgIpc) is 2.43. The molecular formula is C16H26N2O3. The minimum Gasteiger partial charge on any atom is -0.491 e. The van der Waals surface area contributed by atoms with E-state index < -0.39 is 6.10 Å². The van der Waals surface area contributed by atoms with Gasteiger partial charge in [-0.05, 0) is 52.0 Å². The molecule has 118 valence electrons. The normalized spacial score (nSPS) is 12.8. The van der Waals surface area contributed by atoms with Crippen LogP contribution in [0, 0.1) is 0 Å². The van der Waals surface area contributed by atoms with Gasteiger partial charge in [-0.15, -0.1) is 0 Å². The van der Waals surface area contributed by atoms with Crippen LogP contribution in [0.15, 0.2) is 24.3 Å². The number of benzene rings is 1. The third-order valence-corrected chi connectivity index (χ3v) is 2.76. The summed E-state index contributed by atoms with van der Waals surface area (Å²) in [7, 11) is 0. The lowest BCUT2D eigenvalue weighted by Crippen LogP contribution is -2.42. The molecule has 0 saturated carbocycles. The molecular weight excluding hydrogens is 268 g/mol. The van der Waals surface area contributed by atoms with Gasteiger partial charge in [0, 0.05) is 24.2 Å². The summed E-state index contributed by atoms with van der Waals surface area (Å²) in [6.45, 7) is 9.29. The number of aliphatic hydroxyl groups is 1. The Morgan fingerprint density at radius 1 is 1.29 bits per heavy atom. The second-order valence-corrected chi connectivity index (χ2v) is 5.98. The standard InChI is InChI=1S/C16H26N2O3/c1-5-17-15(20)12-6-8-14(9-7-12)21-11-13(19)10-18-16(2,3)4/h6-9,13,18-19H,5,10-11H2,1-4H3,(H,17,20)/t13-/m0/s1. The molecule has 5 nitrogen and oxygen atoms in total. The van der Waals surface area contributed by atoms with E-state index in [2.05, 4.69) is 10.6 Å². The van der Waals surface area contributed by atoms with E-state index in [9.17, 15) is 9.90 Å². The van der Waals surface area contributed by atoms with E-state index in [1.54, 1.807) is 24.3 Å². The fourth-order valence-corrected chi connectivity index (χ4v) is 1.64. The van der Waals surface area contributed by atoms with E-state index in [0.29, 0.717) is 24.4 Å². The molecule has 0 aromatic heterocycles. The van der Waals surface area contributed by atoms with Crippen LogP contribution in [-0.4, -0.2) is 42.4 Å². The molecule has 0 saturated heterocycles. The highest BCUT2D eigenvalue weighted by atomic mass is 16.5. The van der Waals surface area contributed by atoms with Crippen molar-refractivity contribution in [3.8, 4) is 5.75 Å². The molecule has 0 aliphatic carbocycles. The molecule has 1 aromatic carbocycles. The first-order valence-corrected chi connectivity index (χ1v) is 7.26. The largest absolute Gasteiger partial charge is 0.491 e. The number of rotatable bonds is 7. The van der Waals surface area contributed by atoms with Crippen molar-refractivity contribution in [2.75, 3.05) is 19.7 Å². The van der Waals surface area contributed by atoms with Crippen LogP contribution in [0.1, 0.15) is 38.1 Å². The van der Waals surface area contributed by atoms with Gasteiger partial charge in [-0.3, -0.25) is 4.79 Å². The SMILES string of the molecule is CCNC(=O)c1ccc(OC[C@@H](O)CNC(C)(C)C)cc1. The summed E-state index contributed by atoms with van der Waals surface area (Å²) in [4.78, 5) is 11.6. The summed E-state index contributed by atoms with van der Waals surface area (Å²) in [5.74, 6) is 0.538. The number of β-amino-alcohol motifs (C(OH)–C–C–N with tert-alkyl or cyclic N) is 1. The van der Waals surface area contributed by atoms with Gasteiger partial charge in [0.1, 0.15) is 18.5 Å². The fourth-order valence-electron chi connectivity index (χ4n) is 1.64. The summed E-state index contributed by atoms with van der Waals surface area (Å²) in [6, 6.07) is 6.88. The first-order valence-electron chi connectivity index (χ1n) is 7.26. The highest BCUT2D eigenvalue weighted by Gasteiger charge is 2.12. The van der Waals surface area contributed by atoms with Gasteiger partial charge in [0.2, 0.25) is 0 Å². The third-order valence-electron chi connectivity index (χ3n) is 2.76. The number of amides is 1. The zero-order valence-corrected chi connectivity index (χ0v) is 13.3. The molecule has 0 aliphatic heterocycles. The van der Waals surface area contributed by atoms with Gasteiger partial charge < -0.3 is 20.5 Å². The quantitative estimate of drug-likeness (QED) is 0.714. The van der Waals surface area contributed by atoms with Crippen LogP contribution in [-0.2, 0) is 0 Å². The molecule has 0 unspecified atom stereocenters. The van der Waals surface area contributed by atoms with Crippen LogP contribution in [0.3, 0.4) is 0 Å². The maximum atomic E-state index is 11.6. The molecule has 1 amide bonds. The van der Waals surface area contributed by atoms with Gasteiger partial charge in [-0.25, -0.2) is 0 Å². The van der Waals surface area contributed by atoms with Crippen molar-refractivity contribution in [1.82, 2.24) is 10.6 Å². The number of hydrogen-bond acceptors (Lipinski definition) is 4. The van der Waals surface area contributed by atoms with E-state index >= 15 is 0 Å². The van der Waals surface area contributed by atoms with Gasteiger partial charge in [-0.1, -0.05) is 0 Å². The number of nitrogens with one attached hydrogen (secondary N) is 2. The van der Waals surface area contributed by atoms with Gasteiger partial charge in [0.05, 0.1) is 0 Å². The van der Waals surface area contributed by atoms with Crippen LogP contribution < -0.4 is 15.4 Å². The smallest absolute Gasteiger partial charge is 0.251 e. The number of carbonyl (C=O) groups is 1. The Morgan fingerprint density at radius 3 is 2.43 bits per heavy atom. The van der Waals surface area contributed by atoms with E-state index in [4.69, 9.17) is 4.74 Å². The molecule has 0 spiro atoms. The van der Waals surface area contributed by atoms with Gasteiger partial charge >= 0.3 is 0 Å². The van der Waals surface area contributed by atoms with E-state index in [1.165, 1.54) is 0 Å². The zero-order valence-electron chi connectivity index (χ0n) is 13.3. The lowest BCUT2D eigenvalue weighted by molar-refractivity contribution is 0.0954. The van der Waals surface area contributed by atoms with E-state index in [0.717, 1.165) is 0 Å². The van der Waals surface area contributed by atoms with E-state index in [1.807, 2.05) is 27.7 Å². The summed E-state index contributed by atoms with van der Waals surface area (Å²) >= 11 is 0. The average molecular weight is 294 g/mol. The minimum absolute atomic E-state index is 0.0325. The molecule has 1 rings (SSSR count). The van der Waals surface area contributed by atoms with Crippen LogP contribution in [0.25, 0.3) is 0 Å². The maximum Gasteiger partial charge on any atom is 0.251 e. The Balaban J connectivity index is 2.40. The Hall–Kier alpha value is -1.59. The minimum atomic E-state index is -0.577. The molecule has 0 aliphatic rings. The van der Waals surface area contributed by atoms with Crippen LogP contribution >= 0.6 is 0 Å². The van der Waals surface area contributed by atoms with Crippen molar-refractivity contribution in [1.29, 1.82) is 0 Å². The Morgan fingerprint density at radius 2 is 1.90 bits per heavy atom. The van der Waals surface area contributed by atoms with E-state index in [-0.39, 0.29) is 18.1 Å². The van der Waals surface area contributed by atoms with Crippen LogP contribution in [0.4, 0.5) is 0 Å². The molecule has 1 aromatic rings. The van der Waals surface area contributed by atoms with Crippen molar-refractivity contribution in [2.45, 2.75) is 39.3 Å². The first-order chi connectivity index (χ1) is 9.81. The summed E-state index contributed by atoms with van der Waals surface area (Å²) in [5.41, 5.74) is 0.564. The van der Waals surface area contributed by atoms with Gasteiger partial charge in [0.15, 0.2) is 0 Å².